The van der Waals surface area contributed by atoms with Crippen molar-refractivity contribution in [3.8, 4) is 0 Å². The minimum atomic E-state index is -3.06. The molecular weight excluding hydrogens is 224 g/mol. The number of rotatable bonds is 7. The summed E-state index contributed by atoms with van der Waals surface area (Å²) in [5.41, 5.74) is 5.80. The molecule has 0 amide bonds. The molecule has 0 atom stereocenters. The highest BCUT2D eigenvalue weighted by Crippen LogP contribution is 2.40. The first-order valence-electron chi connectivity index (χ1n) is 6.10. The minimum absolute atomic E-state index is 0.0635. The number of unbranched alkanes of at least 4 members (excludes halogenated alkanes) is 1. The van der Waals surface area contributed by atoms with Gasteiger partial charge < -0.3 is 5.73 Å². The Morgan fingerprint density at radius 2 is 2.00 bits per heavy atom. The van der Waals surface area contributed by atoms with Crippen molar-refractivity contribution in [1.82, 2.24) is 4.31 Å². The summed E-state index contributed by atoms with van der Waals surface area (Å²) >= 11 is 0. The lowest BCUT2D eigenvalue weighted by Gasteiger charge is -2.43. The van der Waals surface area contributed by atoms with Crippen molar-refractivity contribution >= 4 is 10.0 Å². The molecule has 4 nitrogen and oxygen atoms in total. The molecule has 1 aliphatic carbocycles. The Hall–Kier alpha value is -0.130. The average Bonchev–Trinajstić information content (AvgIpc) is 2.20. The van der Waals surface area contributed by atoms with Gasteiger partial charge in [0.25, 0.3) is 0 Å². The molecule has 0 unspecified atom stereocenters. The Balaban J connectivity index is 2.53. The molecule has 0 aliphatic heterocycles. The fourth-order valence-corrected chi connectivity index (χ4v) is 3.59. The molecule has 1 aliphatic rings. The first kappa shape index (κ1) is 13.9. The van der Waals surface area contributed by atoms with Gasteiger partial charge in [-0.25, -0.2) is 12.7 Å². The number of nitrogens with zero attached hydrogens (tertiary/aromatic N) is 1. The molecule has 1 fully saturated rings. The van der Waals surface area contributed by atoms with Crippen LogP contribution in [0.3, 0.4) is 0 Å². The fourth-order valence-electron chi connectivity index (χ4n) is 2.16. The highest BCUT2D eigenvalue weighted by molar-refractivity contribution is 7.89. The third kappa shape index (κ3) is 3.18. The highest BCUT2D eigenvalue weighted by Gasteiger charge is 2.38. The van der Waals surface area contributed by atoms with Gasteiger partial charge in [0.2, 0.25) is 10.0 Å². The molecule has 0 spiro atoms. The quantitative estimate of drug-likeness (QED) is 0.736. The van der Waals surface area contributed by atoms with E-state index in [1.807, 2.05) is 6.92 Å². The van der Waals surface area contributed by atoms with E-state index in [2.05, 4.69) is 0 Å². The number of hydrogen-bond donors (Lipinski definition) is 1. The van der Waals surface area contributed by atoms with Crippen LogP contribution < -0.4 is 5.73 Å². The second kappa shape index (κ2) is 5.47. The first-order valence-corrected chi connectivity index (χ1v) is 7.71. The number of nitrogens with two attached hydrogens (primary N) is 1. The Kier molecular flexibility index (Phi) is 4.76. The average molecular weight is 248 g/mol. The van der Waals surface area contributed by atoms with E-state index in [1.165, 1.54) is 10.7 Å². The maximum atomic E-state index is 11.9. The van der Waals surface area contributed by atoms with Gasteiger partial charge in [-0.2, -0.15) is 0 Å². The molecule has 0 aromatic heterocycles. The summed E-state index contributed by atoms with van der Waals surface area (Å²) in [6, 6.07) is 0. The van der Waals surface area contributed by atoms with Crippen molar-refractivity contribution in [1.29, 1.82) is 0 Å². The zero-order valence-corrected chi connectivity index (χ0v) is 11.2. The zero-order valence-electron chi connectivity index (χ0n) is 10.4. The molecule has 16 heavy (non-hydrogen) atoms. The molecule has 1 rings (SSSR count). The molecule has 96 valence electrons. The van der Waals surface area contributed by atoms with Gasteiger partial charge in [0.05, 0.1) is 5.75 Å². The van der Waals surface area contributed by atoms with Crippen molar-refractivity contribution in [3.05, 3.63) is 0 Å². The van der Waals surface area contributed by atoms with E-state index >= 15 is 0 Å². The van der Waals surface area contributed by atoms with Crippen molar-refractivity contribution < 1.29 is 8.42 Å². The highest BCUT2D eigenvalue weighted by atomic mass is 32.2. The lowest BCUT2D eigenvalue weighted by molar-refractivity contribution is 0.118. The first-order chi connectivity index (χ1) is 7.46. The SMILES string of the molecule is CCCCS(=O)(=O)N(C)CC1(CN)CCC1. The van der Waals surface area contributed by atoms with Crippen LogP contribution >= 0.6 is 0 Å². The van der Waals surface area contributed by atoms with Crippen LogP contribution in [0.4, 0.5) is 0 Å². The minimum Gasteiger partial charge on any atom is -0.330 e. The molecule has 0 aromatic rings. The van der Waals surface area contributed by atoms with E-state index < -0.39 is 10.0 Å². The molecule has 0 radical (unpaired) electrons. The van der Waals surface area contributed by atoms with E-state index in [-0.39, 0.29) is 11.2 Å². The molecule has 0 heterocycles. The predicted molar refractivity (Wildman–Crippen MR) is 66.7 cm³/mol. The third-order valence-electron chi connectivity index (χ3n) is 3.64. The van der Waals surface area contributed by atoms with Gasteiger partial charge in [0, 0.05) is 13.6 Å². The maximum Gasteiger partial charge on any atom is 0.213 e. The van der Waals surface area contributed by atoms with Crippen LogP contribution in [0.15, 0.2) is 0 Å². The Morgan fingerprint density at radius 1 is 1.38 bits per heavy atom. The van der Waals surface area contributed by atoms with Crippen LogP contribution in [0.2, 0.25) is 0 Å². The van der Waals surface area contributed by atoms with Gasteiger partial charge in [-0.3, -0.25) is 0 Å². The topological polar surface area (TPSA) is 63.4 Å². The Labute approximate surface area is 99.2 Å². The standard InChI is InChI=1S/C11H24N2O2S/c1-3-4-8-16(14,15)13(2)10-11(9-12)6-5-7-11/h3-10,12H2,1-2H3. The van der Waals surface area contributed by atoms with Crippen molar-refractivity contribution in [2.24, 2.45) is 11.1 Å². The molecule has 1 saturated carbocycles. The van der Waals surface area contributed by atoms with Crippen LogP contribution in [0.25, 0.3) is 0 Å². The van der Waals surface area contributed by atoms with Crippen LogP contribution in [0.5, 0.6) is 0 Å². The summed E-state index contributed by atoms with van der Waals surface area (Å²) in [5, 5.41) is 0. The second-order valence-electron chi connectivity index (χ2n) is 4.98. The normalized spacial score (nSPS) is 19.8. The van der Waals surface area contributed by atoms with Gasteiger partial charge in [0.1, 0.15) is 0 Å². The van der Waals surface area contributed by atoms with Gasteiger partial charge in [-0.1, -0.05) is 19.8 Å². The van der Waals surface area contributed by atoms with Crippen molar-refractivity contribution in [2.45, 2.75) is 39.0 Å². The Bertz CT molecular complexity index is 304. The summed E-state index contributed by atoms with van der Waals surface area (Å²) < 4.78 is 25.3. The van der Waals surface area contributed by atoms with Crippen molar-refractivity contribution in [3.63, 3.8) is 0 Å². The van der Waals surface area contributed by atoms with Gasteiger partial charge >= 0.3 is 0 Å². The largest absolute Gasteiger partial charge is 0.330 e. The van der Waals surface area contributed by atoms with E-state index in [1.54, 1.807) is 7.05 Å². The van der Waals surface area contributed by atoms with E-state index in [9.17, 15) is 8.42 Å². The number of sulfonamides is 1. The van der Waals surface area contributed by atoms with Gasteiger partial charge in [0.15, 0.2) is 0 Å². The summed E-state index contributed by atoms with van der Waals surface area (Å²) in [4.78, 5) is 0. The van der Waals surface area contributed by atoms with Crippen LogP contribution in [-0.4, -0.2) is 38.6 Å². The second-order valence-corrected chi connectivity index (χ2v) is 7.18. The molecular formula is C11H24N2O2S. The third-order valence-corrected chi connectivity index (χ3v) is 5.52. The summed E-state index contributed by atoms with van der Waals surface area (Å²) in [6.45, 7) is 3.19. The van der Waals surface area contributed by atoms with Gasteiger partial charge in [-0.05, 0) is 31.2 Å². The van der Waals surface area contributed by atoms with Crippen LogP contribution in [0, 0.1) is 5.41 Å². The van der Waals surface area contributed by atoms with Crippen LogP contribution in [0.1, 0.15) is 39.0 Å². The summed E-state index contributed by atoms with van der Waals surface area (Å²) in [6.07, 6.45) is 4.96. The zero-order chi connectivity index (χ0) is 12.2. The lowest BCUT2D eigenvalue weighted by atomic mass is 9.69. The smallest absolute Gasteiger partial charge is 0.213 e. The summed E-state index contributed by atoms with van der Waals surface area (Å²) in [7, 11) is -1.38. The molecule has 2 N–H and O–H groups in total. The summed E-state index contributed by atoms with van der Waals surface area (Å²) in [5.74, 6) is 0.265. The lowest BCUT2D eigenvalue weighted by Crippen LogP contribution is -2.47. The predicted octanol–water partition coefficient (Wildman–Crippen LogP) is 1.18. The molecule has 0 saturated heterocycles. The fraction of sp³-hybridized carbons (Fsp3) is 1.00. The Morgan fingerprint density at radius 3 is 2.38 bits per heavy atom. The van der Waals surface area contributed by atoms with Gasteiger partial charge in [-0.15, -0.1) is 0 Å². The van der Waals surface area contributed by atoms with E-state index in [0.717, 1.165) is 25.7 Å². The molecule has 0 bridgehead atoms. The molecule has 5 heteroatoms. The van der Waals surface area contributed by atoms with E-state index in [4.69, 9.17) is 5.73 Å². The van der Waals surface area contributed by atoms with Crippen molar-refractivity contribution in [2.75, 3.05) is 25.9 Å². The number of hydrogen-bond acceptors (Lipinski definition) is 3. The van der Waals surface area contributed by atoms with E-state index in [0.29, 0.717) is 13.1 Å². The van der Waals surface area contributed by atoms with Crippen LogP contribution in [-0.2, 0) is 10.0 Å². The molecule has 0 aromatic carbocycles. The monoisotopic (exact) mass is 248 g/mol. The maximum absolute atomic E-state index is 11.9.